The quantitative estimate of drug-likeness (QED) is 0.422. The van der Waals surface area contributed by atoms with Crippen LogP contribution in [0.15, 0.2) is 24.4 Å². The van der Waals surface area contributed by atoms with E-state index < -0.39 is 6.09 Å². The van der Waals surface area contributed by atoms with Crippen LogP contribution in [0.25, 0.3) is 5.65 Å². The molecule has 0 radical (unpaired) electrons. The predicted molar refractivity (Wildman–Crippen MR) is 134 cm³/mol. The molecule has 0 spiro atoms. The molecule has 1 atom stereocenters. The average molecular weight is 482 g/mol. The molecule has 35 heavy (non-hydrogen) atoms. The largest absolute Gasteiger partial charge is 0.459 e. The molecule has 188 valence electrons. The zero-order valence-corrected chi connectivity index (χ0v) is 20.9. The molecular weight excluding hydrogens is 446 g/mol. The summed E-state index contributed by atoms with van der Waals surface area (Å²) in [6.07, 6.45) is 3.83. The number of rotatable bonds is 9. The predicted octanol–water partition coefficient (Wildman–Crippen LogP) is 3.65. The fourth-order valence-corrected chi connectivity index (χ4v) is 4.33. The lowest BCUT2D eigenvalue weighted by Crippen LogP contribution is -2.37. The van der Waals surface area contributed by atoms with Gasteiger partial charge in [-0.15, -0.1) is 0 Å². The van der Waals surface area contributed by atoms with Gasteiger partial charge in [-0.05, 0) is 49.3 Å². The van der Waals surface area contributed by atoms with Gasteiger partial charge < -0.3 is 25.8 Å². The SMILES string of the molecule is CC(C)Cc1cccc(OC(N)=O)c1CNc1nc(O[C@@H]2CCCNC2)nc2c(C(C)C)cnn12. The molecule has 1 fully saturated rings. The Balaban J connectivity index is 1.68. The van der Waals surface area contributed by atoms with Crippen LogP contribution in [0.5, 0.6) is 11.8 Å². The van der Waals surface area contributed by atoms with Gasteiger partial charge in [-0.1, -0.05) is 39.8 Å². The van der Waals surface area contributed by atoms with Crippen molar-refractivity contribution in [3.8, 4) is 11.8 Å². The average Bonchev–Trinajstić information content (AvgIpc) is 3.23. The van der Waals surface area contributed by atoms with Crippen molar-refractivity contribution in [3.05, 3.63) is 41.1 Å². The number of nitrogens with two attached hydrogens (primary N) is 1. The first-order chi connectivity index (χ1) is 16.8. The Labute approximate surface area is 205 Å². The molecule has 1 amide bonds. The maximum Gasteiger partial charge on any atom is 0.409 e. The van der Waals surface area contributed by atoms with Gasteiger partial charge >= 0.3 is 12.1 Å². The fraction of sp³-hybridized carbons (Fsp3) is 0.520. The van der Waals surface area contributed by atoms with E-state index in [4.69, 9.17) is 20.2 Å². The van der Waals surface area contributed by atoms with Crippen LogP contribution in [0.2, 0.25) is 0 Å². The van der Waals surface area contributed by atoms with Gasteiger partial charge in [-0.3, -0.25) is 0 Å². The van der Waals surface area contributed by atoms with Crippen LogP contribution < -0.4 is 25.8 Å². The lowest BCUT2D eigenvalue weighted by molar-refractivity contribution is 0.153. The summed E-state index contributed by atoms with van der Waals surface area (Å²) in [4.78, 5) is 20.9. The number of hydrogen-bond donors (Lipinski definition) is 3. The van der Waals surface area contributed by atoms with Gasteiger partial charge in [0, 0.05) is 24.2 Å². The number of fused-ring (bicyclic) bond motifs is 1. The maximum absolute atomic E-state index is 11.5. The molecule has 1 aliphatic rings. The molecule has 0 saturated carbocycles. The lowest BCUT2D eigenvalue weighted by atomic mass is 9.97. The number of primary amides is 1. The van der Waals surface area contributed by atoms with Gasteiger partial charge in [0.15, 0.2) is 5.65 Å². The number of hydrogen-bond acceptors (Lipinski definition) is 8. The van der Waals surface area contributed by atoms with Crippen molar-refractivity contribution in [1.29, 1.82) is 0 Å². The summed E-state index contributed by atoms with van der Waals surface area (Å²) < 4.78 is 13.2. The van der Waals surface area contributed by atoms with Crippen molar-refractivity contribution in [3.63, 3.8) is 0 Å². The van der Waals surface area contributed by atoms with Crippen LogP contribution in [0, 0.1) is 5.92 Å². The molecule has 10 heteroatoms. The first-order valence-electron chi connectivity index (χ1n) is 12.3. The first kappa shape index (κ1) is 24.7. The first-order valence-corrected chi connectivity index (χ1v) is 12.3. The Morgan fingerprint density at radius 1 is 1.29 bits per heavy atom. The Hall–Kier alpha value is -3.40. The van der Waals surface area contributed by atoms with E-state index in [0.717, 1.165) is 49.0 Å². The summed E-state index contributed by atoms with van der Waals surface area (Å²) in [5.41, 5.74) is 8.97. The zero-order valence-electron chi connectivity index (χ0n) is 20.9. The highest BCUT2D eigenvalue weighted by atomic mass is 16.5. The summed E-state index contributed by atoms with van der Waals surface area (Å²) in [6.45, 7) is 10.6. The minimum absolute atomic E-state index is 0.0202. The number of ether oxygens (including phenoxy) is 2. The van der Waals surface area contributed by atoms with Crippen molar-refractivity contribution in [1.82, 2.24) is 24.9 Å². The molecule has 4 N–H and O–H groups in total. The van der Waals surface area contributed by atoms with Crippen LogP contribution in [0.1, 0.15) is 63.1 Å². The third-order valence-electron chi connectivity index (χ3n) is 6.01. The molecule has 1 saturated heterocycles. The van der Waals surface area contributed by atoms with Gasteiger partial charge in [0.05, 0.1) is 6.20 Å². The Kier molecular flexibility index (Phi) is 7.70. The monoisotopic (exact) mass is 481 g/mol. The zero-order chi connectivity index (χ0) is 24.9. The van der Waals surface area contributed by atoms with E-state index >= 15 is 0 Å². The van der Waals surface area contributed by atoms with Crippen LogP contribution in [0.4, 0.5) is 10.7 Å². The van der Waals surface area contributed by atoms with Crippen molar-refractivity contribution in [2.45, 2.75) is 65.5 Å². The molecule has 2 aromatic heterocycles. The third kappa shape index (κ3) is 6.00. The second-order valence-corrected chi connectivity index (χ2v) is 9.67. The molecular formula is C25H35N7O3. The van der Waals surface area contributed by atoms with E-state index in [1.807, 2.05) is 18.3 Å². The Morgan fingerprint density at radius 3 is 2.80 bits per heavy atom. The van der Waals surface area contributed by atoms with Crippen LogP contribution in [0.3, 0.4) is 0 Å². The van der Waals surface area contributed by atoms with Gasteiger partial charge in [0.2, 0.25) is 5.95 Å². The minimum Gasteiger partial charge on any atom is -0.459 e. The number of anilines is 1. The van der Waals surface area contributed by atoms with Gasteiger partial charge in [0.25, 0.3) is 0 Å². The Morgan fingerprint density at radius 2 is 2.11 bits per heavy atom. The van der Waals surface area contributed by atoms with Gasteiger partial charge in [-0.2, -0.15) is 19.6 Å². The number of aromatic nitrogens is 4. The molecule has 0 aliphatic carbocycles. The molecule has 3 heterocycles. The lowest BCUT2D eigenvalue weighted by Gasteiger charge is -2.23. The van der Waals surface area contributed by atoms with E-state index in [1.165, 1.54) is 0 Å². The smallest absolute Gasteiger partial charge is 0.409 e. The number of benzene rings is 1. The number of nitrogens with zero attached hydrogens (tertiary/aromatic N) is 4. The van der Waals surface area contributed by atoms with E-state index in [-0.39, 0.29) is 12.0 Å². The number of carbonyl (C=O) groups is 1. The summed E-state index contributed by atoms with van der Waals surface area (Å²) in [5, 5.41) is 11.3. The van der Waals surface area contributed by atoms with E-state index in [0.29, 0.717) is 35.8 Å². The number of amides is 1. The minimum atomic E-state index is -0.845. The topological polar surface area (TPSA) is 129 Å². The van der Waals surface area contributed by atoms with E-state index in [2.05, 4.69) is 48.4 Å². The van der Waals surface area contributed by atoms with Gasteiger partial charge in [0.1, 0.15) is 11.9 Å². The normalized spacial score (nSPS) is 16.1. The molecule has 1 aromatic carbocycles. The van der Waals surface area contributed by atoms with Crippen molar-refractivity contribution in [2.75, 3.05) is 18.4 Å². The second-order valence-electron chi connectivity index (χ2n) is 9.67. The fourth-order valence-electron chi connectivity index (χ4n) is 4.33. The van der Waals surface area contributed by atoms with Crippen LogP contribution >= 0.6 is 0 Å². The molecule has 3 aromatic rings. The van der Waals surface area contributed by atoms with Crippen molar-refractivity contribution >= 4 is 17.7 Å². The Bertz CT molecular complexity index is 1170. The van der Waals surface area contributed by atoms with Crippen molar-refractivity contribution in [2.24, 2.45) is 11.7 Å². The van der Waals surface area contributed by atoms with Crippen LogP contribution in [-0.2, 0) is 13.0 Å². The molecule has 4 rings (SSSR count). The number of nitrogens with one attached hydrogen (secondary N) is 2. The highest BCUT2D eigenvalue weighted by Crippen LogP contribution is 2.28. The van der Waals surface area contributed by atoms with Crippen LogP contribution in [-0.4, -0.2) is 44.9 Å². The third-order valence-corrected chi connectivity index (χ3v) is 6.01. The van der Waals surface area contributed by atoms with Gasteiger partial charge in [-0.25, -0.2) is 4.79 Å². The standard InChI is InChI=1S/C25H35N7O3/c1-15(2)11-17-7-5-9-21(35-23(26)33)20(17)13-28-24-31-25(34-18-8-6-10-27-12-18)30-22-19(16(3)4)14-29-32(22)24/h5,7,9,14-16,18,27H,6,8,10-13H2,1-4H3,(H2,26,33)(H,28,30,31)/t18-/m1/s1. The van der Waals surface area contributed by atoms with Crippen molar-refractivity contribution < 1.29 is 14.3 Å². The van der Waals surface area contributed by atoms with E-state index in [1.54, 1.807) is 10.6 Å². The highest BCUT2D eigenvalue weighted by Gasteiger charge is 2.21. The number of carbonyl (C=O) groups excluding carboxylic acids is 1. The molecule has 10 nitrogen and oxygen atoms in total. The maximum atomic E-state index is 11.5. The highest BCUT2D eigenvalue weighted by molar-refractivity contribution is 5.69. The molecule has 0 unspecified atom stereocenters. The summed E-state index contributed by atoms with van der Waals surface area (Å²) >= 11 is 0. The number of piperidine rings is 1. The van der Waals surface area contributed by atoms with E-state index in [9.17, 15) is 4.79 Å². The summed E-state index contributed by atoms with van der Waals surface area (Å²) in [5.74, 6) is 1.60. The molecule has 1 aliphatic heterocycles. The summed E-state index contributed by atoms with van der Waals surface area (Å²) in [7, 11) is 0. The molecule has 0 bridgehead atoms. The second kappa shape index (κ2) is 10.9. The summed E-state index contributed by atoms with van der Waals surface area (Å²) in [6, 6.07) is 5.97.